The molecule has 0 aliphatic rings. The van der Waals surface area contributed by atoms with Crippen LogP contribution in [-0.4, -0.2) is 29.4 Å². The maximum absolute atomic E-state index is 12.5. The molecule has 0 aromatic heterocycles. The topological polar surface area (TPSA) is 197 Å². The quantitative estimate of drug-likeness (QED) is 0.168. The van der Waals surface area contributed by atoms with Gasteiger partial charge in [-0.3, -0.25) is 35.8 Å². The third-order valence-electron chi connectivity index (χ3n) is 4.26. The van der Waals surface area contributed by atoms with Gasteiger partial charge in [-0.05, 0) is 51.8 Å². The number of non-ortho nitro benzene ring substituents is 2. The molecule has 0 bridgehead atoms. The minimum absolute atomic E-state index is 0.0843. The zero-order valence-electron chi connectivity index (χ0n) is 17.1. The fraction of sp³-hybridized carbons (Fsp3) is 0. The highest BCUT2D eigenvalue weighted by Crippen LogP contribution is 2.30. The van der Waals surface area contributed by atoms with Gasteiger partial charge in [0.05, 0.1) is 31.5 Å². The van der Waals surface area contributed by atoms with Gasteiger partial charge in [-0.1, -0.05) is 6.07 Å². The summed E-state index contributed by atoms with van der Waals surface area (Å²) >= 11 is 3.17. The van der Waals surface area contributed by atoms with E-state index in [9.17, 15) is 38.8 Å². The minimum Gasteiger partial charge on any atom is -0.378 e. The lowest BCUT2D eigenvalue weighted by molar-refractivity contribution is -0.393. The fourth-order valence-corrected chi connectivity index (χ4v) is 4.21. The highest BCUT2D eigenvalue weighted by atomic mass is 79.9. The van der Waals surface area contributed by atoms with Crippen LogP contribution in [-0.2, 0) is 10.1 Å². The predicted octanol–water partition coefficient (Wildman–Crippen LogP) is 4.39. The maximum Gasteiger partial charge on any atom is 0.339 e. The van der Waals surface area contributed by atoms with Crippen LogP contribution in [0.15, 0.2) is 75.1 Å². The van der Waals surface area contributed by atoms with Crippen molar-refractivity contribution in [2.45, 2.75) is 4.90 Å². The summed E-state index contributed by atoms with van der Waals surface area (Å²) in [5, 5.41) is 36.7. The zero-order valence-corrected chi connectivity index (χ0v) is 19.5. The van der Waals surface area contributed by atoms with Gasteiger partial charge in [0.2, 0.25) is 0 Å². The molecule has 0 spiro atoms. The zero-order chi connectivity index (χ0) is 25.8. The van der Waals surface area contributed by atoms with Gasteiger partial charge in [0.15, 0.2) is 5.75 Å². The molecule has 35 heavy (non-hydrogen) atoms. The second kappa shape index (κ2) is 10.2. The third kappa shape index (κ3) is 6.12. The molecule has 0 saturated heterocycles. The number of nitrogens with one attached hydrogen (secondary N) is 1. The number of hydrazone groups is 1. The molecule has 0 amide bonds. The summed E-state index contributed by atoms with van der Waals surface area (Å²) in [4.78, 5) is 30.2. The summed E-state index contributed by atoms with van der Waals surface area (Å²) in [7, 11) is -4.37. The van der Waals surface area contributed by atoms with Crippen LogP contribution in [0.5, 0.6) is 5.75 Å². The van der Waals surface area contributed by atoms with Crippen molar-refractivity contribution < 1.29 is 27.4 Å². The maximum atomic E-state index is 12.5. The first-order valence-corrected chi connectivity index (χ1v) is 11.4. The van der Waals surface area contributed by atoms with Gasteiger partial charge in [-0.15, -0.1) is 0 Å². The molecule has 1 N–H and O–H groups in total. The Morgan fingerprint density at radius 1 is 0.886 bits per heavy atom. The standard InChI is InChI=1S/C19H12BrN5O9S/c20-16-8-12(11-21-22-17-6-5-14(24(28)29)10-18(17)25(30)31)4-7-19(16)34-35(32,33)15-3-1-2-13(9-15)23(26)27/h1-11,22H/b21-11-. The normalized spacial score (nSPS) is 11.2. The van der Waals surface area contributed by atoms with Crippen LogP contribution in [0.25, 0.3) is 0 Å². The number of hydrogen-bond donors (Lipinski definition) is 1. The van der Waals surface area contributed by atoms with Gasteiger partial charge in [-0.25, -0.2) is 0 Å². The predicted molar refractivity (Wildman–Crippen MR) is 126 cm³/mol. The van der Waals surface area contributed by atoms with E-state index in [2.05, 4.69) is 26.5 Å². The van der Waals surface area contributed by atoms with Crippen LogP contribution in [0, 0.1) is 30.3 Å². The molecule has 0 saturated carbocycles. The van der Waals surface area contributed by atoms with Crippen LogP contribution < -0.4 is 9.61 Å². The molecule has 3 aromatic rings. The minimum atomic E-state index is -4.37. The summed E-state index contributed by atoms with van der Waals surface area (Å²) in [5.74, 6) is -0.104. The second-order valence-corrected chi connectivity index (χ2v) is 8.97. The van der Waals surface area contributed by atoms with E-state index in [1.165, 1.54) is 30.5 Å². The molecular formula is C19H12BrN5O9S. The summed E-state index contributed by atoms with van der Waals surface area (Å²) < 4.78 is 30.3. The van der Waals surface area contributed by atoms with Crippen molar-refractivity contribution in [2.24, 2.45) is 5.10 Å². The van der Waals surface area contributed by atoms with Gasteiger partial charge in [0.25, 0.3) is 11.4 Å². The molecule has 0 aliphatic heterocycles. The lowest BCUT2D eigenvalue weighted by atomic mass is 10.2. The fourth-order valence-electron chi connectivity index (χ4n) is 2.64. The number of hydrogen-bond acceptors (Lipinski definition) is 11. The highest BCUT2D eigenvalue weighted by molar-refractivity contribution is 9.10. The molecule has 16 heteroatoms. The van der Waals surface area contributed by atoms with E-state index >= 15 is 0 Å². The number of nitrogens with zero attached hydrogens (tertiary/aromatic N) is 4. The SMILES string of the molecule is O=[N+]([O-])c1cccc(S(=O)(=O)Oc2ccc(/C=N\Nc3ccc([N+](=O)[O-])cc3[N+](=O)[O-])cc2Br)c1. The van der Waals surface area contributed by atoms with Crippen LogP contribution in [0.4, 0.5) is 22.7 Å². The van der Waals surface area contributed by atoms with Crippen LogP contribution in [0.1, 0.15) is 5.56 Å². The first kappa shape index (κ1) is 25.2. The summed E-state index contributed by atoms with van der Waals surface area (Å²) in [6, 6.07) is 11.6. The third-order valence-corrected chi connectivity index (χ3v) is 6.11. The molecule has 180 valence electrons. The van der Waals surface area contributed by atoms with Crippen molar-refractivity contribution in [3.63, 3.8) is 0 Å². The number of rotatable bonds is 9. The van der Waals surface area contributed by atoms with Gasteiger partial charge in [0.1, 0.15) is 10.6 Å². The molecule has 14 nitrogen and oxygen atoms in total. The van der Waals surface area contributed by atoms with Gasteiger partial charge in [0, 0.05) is 18.2 Å². The van der Waals surface area contributed by atoms with Crippen molar-refractivity contribution in [3.05, 3.63) is 101 Å². The molecule has 0 fully saturated rings. The Morgan fingerprint density at radius 2 is 1.57 bits per heavy atom. The first-order chi connectivity index (χ1) is 16.5. The molecule has 3 rings (SSSR count). The molecular weight excluding hydrogens is 554 g/mol. The van der Waals surface area contributed by atoms with E-state index < -0.39 is 46.8 Å². The summed E-state index contributed by atoms with van der Waals surface area (Å²) in [6.07, 6.45) is 1.26. The lowest BCUT2D eigenvalue weighted by Crippen LogP contribution is -2.10. The molecule has 0 aliphatic carbocycles. The summed E-state index contributed by atoms with van der Waals surface area (Å²) in [6.45, 7) is 0. The van der Waals surface area contributed by atoms with Crippen molar-refractivity contribution in [1.82, 2.24) is 0 Å². The molecule has 3 aromatic carbocycles. The molecule has 0 unspecified atom stereocenters. The Morgan fingerprint density at radius 3 is 2.20 bits per heavy atom. The Balaban J connectivity index is 1.77. The number of benzene rings is 3. The summed E-state index contributed by atoms with van der Waals surface area (Å²) in [5.41, 5.74) is 1.35. The van der Waals surface area contributed by atoms with Crippen LogP contribution in [0.3, 0.4) is 0 Å². The smallest absolute Gasteiger partial charge is 0.339 e. The second-order valence-electron chi connectivity index (χ2n) is 6.57. The van der Waals surface area contributed by atoms with E-state index in [1.54, 1.807) is 0 Å². The van der Waals surface area contributed by atoms with E-state index in [-0.39, 0.29) is 15.9 Å². The largest absolute Gasteiger partial charge is 0.378 e. The number of halogens is 1. The van der Waals surface area contributed by atoms with Crippen LogP contribution in [0.2, 0.25) is 0 Å². The number of anilines is 1. The van der Waals surface area contributed by atoms with Crippen molar-refractivity contribution in [3.8, 4) is 5.75 Å². The lowest BCUT2D eigenvalue weighted by Gasteiger charge is -2.09. The average Bonchev–Trinajstić information content (AvgIpc) is 2.80. The monoisotopic (exact) mass is 565 g/mol. The van der Waals surface area contributed by atoms with Crippen LogP contribution >= 0.6 is 15.9 Å². The van der Waals surface area contributed by atoms with Gasteiger partial charge in [-0.2, -0.15) is 13.5 Å². The van der Waals surface area contributed by atoms with E-state index in [0.29, 0.717) is 5.56 Å². The average molecular weight is 566 g/mol. The number of nitro benzene ring substituents is 3. The van der Waals surface area contributed by atoms with E-state index in [4.69, 9.17) is 4.18 Å². The molecule has 0 heterocycles. The molecule has 0 atom stereocenters. The van der Waals surface area contributed by atoms with Gasteiger partial charge >= 0.3 is 15.8 Å². The van der Waals surface area contributed by atoms with Gasteiger partial charge < -0.3 is 4.18 Å². The van der Waals surface area contributed by atoms with Crippen molar-refractivity contribution in [1.29, 1.82) is 0 Å². The molecule has 0 radical (unpaired) electrons. The van der Waals surface area contributed by atoms with Crippen molar-refractivity contribution >= 4 is 55.0 Å². The Hall–Kier alpha value is -4.44. The Labute approximate surface area is 204 Å². The first-order valence-electron chi connectivity index (χ1n) is 9.18. The highest BCUT2D eigenvalue weighted by Gasteiger charge is 2.21. The Kier molecular flexibility index (Phi) is 7.36. The van der Waals surface area contributed by atoms with E-state index in [0.717, 1.165) is 36.4 Å². The van der Waals surface area contributed by atoms with E-state index in [1.807, 2.05) is 0 Å². The number of nitro groups is 3. The Bertz CT molecular complexity index is 1480. The van der Waals surface area contributed by atoms with Crippen molar-refractivity contribution in [2.75, 3.05) is 5.43 Å².